The highest BCUT2D eigenvalue weighted by Crippen LogP contribution is 2.12. The van der Waals surface area contributed by atoms with Gasteiger partial charge in [0.2, 0.25) is 0 Å². The molecule has 1 aromatic rings. The molecular formula is C12H19N3O2. The van der Waals surface area contributed by atoms with Crippen LogP contribution in [0.1, 0.15) is 18.8 Å². The van der Waals surface area contributed by atoms with E-state index in [0.29, 0.717) is 18.3 Å². The summed E-state index contributed by atoms with van der Waals surface area (Å²) in [6.45, 7) is 7.24. The third-order valence-electron chi connectivity index (χ3n) is 2.05. The van der Waals surface area contributed by atoms with Crippen LogP contribution in [0.25, 0.3) is 0 Å². The van der Waals surface area contributed by atoms with Crippen molar-refractivity contribution in [3.05, 3.63) is 36.8 Å². The summed E-state index contributed by atoms with van der Waals surface area (Å²) in [6.07, 6.45) is 2.56. The van der Waals surface area contributed by atoms with Crippen molar-refractivity contribution < 1.29 is 9.52 Å². The van der Waals surface area contributed by atoms with Crippen molar-refractivity contribution in [3.63, 3.8) is 0 Å². The summed E-state index contributed by atoms with van der Waals surface area (Å²) in [7, 11) is 0. The quantitative estimate of drug-likeness (QED) is 0.393. The predicted molar refractivity (Wildman–Crippen MR) is 67.8 cm³/mol. The maximum Gasteiger partial charge on any atom is 0.191 e. The van der Waals surface area contributed by atoms with Crippen LogP contribution < -0.4 is 10.6 Å². The molecule has 94 valence electrons. The molecule has 17 heavy (non-hydrogen) atoms. The summed E-state index contributed by atoms with van der Waals surface area (Å²) in [4.78, 5) is 4.24. The Morgan fingerprint density at radius 2 is 2.47 bits per heavy atom. The molecule has 5 heteroatoms. The van der Waals surface area contributed by atoms with Crippen LogP contribution in [0.4, 0.5) is 0 Å². The second kappa shape index (κ2) is 7.51. The minimum Gasteiger partial charge on any atom is -0.467 e. The molecule has 0 aromatic carbocycles. The van der Waals surface area contributed by atoms with Gasteiger partial charge in [-0.3, -0.25) is 4.99 Å². The van der Waals surface area contributed by atoms with Crippen molar-refractivity contribution >= 4 is 5.96 Å². The number of hydrogen-bond donors (Lipinski definition) is 3. The van der Waals surface area contributed by atoms with E-state index in [0.717, 1.165) is 6.54 Å². The number of hydrogen-bond acceptors (Lipinski definition) is 3. The molecular weight excluding hydrogens is 218 g/mol. The van der Waals surface area contributed by atoms with Crippen molar-refractivity contribution in [1.29, 1.82) is 0 Å². The Bertz CT molecular complexity index is 347. The number of guanidine groups is 1. The largest absolute Gasteiger partial charge is 0.467 e. The van der Waals surface area contributed by atoms with Crippen LogP contribution in [-0.4, -0.2) is 30.7 Å². The first-order chi connectivity index (χ1) is 8.27. The number of nitrogens with one attached hydrogen (secondary N) is 2. The standard InChI is InChI=1S/C12H19N3O2/c1-3-7-14-12(13-4-2)15-9-10(16)11-6-5-8-17-11/h3,5-6,8,10,16H,1,4,7,9H2,2H3,(H2,13,14,15). The zero-order valence-corrected chi connectivity index (χ0v) is 10.0. The maximum atomic E-state index is 9.78. The summed E-state index contributed by atoms with van der Waals surface area (Å²) in [5, 5.41) is 15.9. The van der Waals surface area contributed by atoms with E-state index in [2.05, 4.69) is 22.2 Å². The number of aliphatic hydroxyl groups is 1. The van der Waals surface area contributed by atoms with Gasteiger partial charge in [0.15, 0.2) is 5.96 Å². The third-order valence-corrected chi connectivity index (χ3v) is 2.05. The molecule has 0 saturated carbocycles. The highest BCUT2D eigenvalue weighted by atomic mass is 16.4. The zero-order chi connectivity index (χ0) is 12.5. The second-order valence-electron chi connectivity index (χ2n) is 3.42. The number of rotatable bonds is 6. The van der Waals surface area contributed by atoms with E-state index in [9.17, 15) is 5.11 Å². The summed E-state index contributed by atoms with van der Waals surface area (Å²) in [5.74, 6) is 1.17. The average molecular weight is 237 g/mol. The Morgan fingerprint density at radius 3 is 3.06 bits per heavy atom. The van der Waals surface area contributed by atoms with E-state index in [1.807, 2.05) is 6.92 Å². The molecule has 0 aliphatic rings. The maximum absolute atomic E-state index is 9.78. The molecule has 1 aromatic heterocycles. The third kappa shape index (κ3) is 4.74. The first-order valence-corrected chi connectivity index (χ1v) is 5.62. The fraction of sp³-hybridized carbons (Fsp3) is 0.417. The molecule has 1 unspecified atom stereocenters. The van der Waals surface area contributed by atoms with Crippen molar-refractivity contribution in [1.82, 2.24) is 10.6 Å². The van der Waals surface area contributed by atoms with E-state index in [1.165, 1.54) is 6.26 Å². The van der Waals surface area contributed by atoms with Crippen molar-refractivity contribution in [2.24, 2.45) is 4.99 Å². The minimum absolute atomic E-state index is 0.250. The number of aliphatic hydroxyl groups excluding tert-OH is 1. The zero-order valence-electron chi connectivity index (χ0n) is 10.0. The van der Waals surface area contributed by atoms with E-state index >= 15 is 0 Å². The normalized spacial score (nSPS) is 13.2. The summed E-state index contributed by atoms with van der Waals surface area (Å²) in [5.41, 5.74) is 0. The van der Waals surface area contributed by atoms with Gasteiger partial charge in [0.05, 0.1) is 12.8 Å². The van der Waals surface area contributed by atoms with Crippen LogP contribution in [0.2, 0.25) is 0 Å². The molecule has 0 aliphatic heterocycles. The van der Waals surface area contributed by atoms with Crippen LogP contribution in [0.3, 0.4) is 0 Å². The molecule has 0 aliphatic carbocycles. The molecule has 0 spiro atoms. The number of nitrogens with zero attached hydrogens (tertiary/aromatic N) is 1. The van der Waals surface area contributed by atoms with Gasteiger partial charge in [0, 0.05) is 13.1 Å². The molecule has 0 radical (unpaired) electrons. The van der Waals surface area contributed by atoms with Crippen LogP contribution in [-0.2, 0) is 0 Å². The fourth-order valence-electron chi connectivity index (χ4n) is 1.26. The van der Waals surface area contributed by atoms with Gasteiger partial charge in [-0.25, -0.2) is 0 Å². The summed E-state index contributed by atoms with van der Waals surface area (Å²) >= 11 is 0. The van der Waals surface area contributed by atoms with E-state index in [-0.39, 0.29) is 6.54 Å². The Labute approximate surface area is 101 Å². The lowest BCUT2D eigenvalue weighted by Gasteiger charge is -2.10. The SMILES string of the molecule is C=CCNC(=NCC(O)c1ccco1)NCC. The lowest BCUT2D eigenvalue weighted by Crippen LogP contribution is -2.37. The van der Waals surface area contributed by atoms with Crippen molar-refractivity contribution in [2.45, 2.75) is 13.0 Å². The number of aliphatic imine (C=N–C) groups is 1. The fourth-order valence-corrected chi connectivity index (χ4v) is 1.26. The van der Waals surface area contributed by atoms with Gasteiger partial charge in [0.1, 0.15) is 11.9 Å². The van der Waals surface area contributed by atoms with Gasteiger partial charge in [-0.05, 0) is 19.1 Å². The Kier molecular flexibility index (Phi) is 5.88. The Morgan fingerprint density at radius 1 is 1.65 bits per heavy atom. The molecule has 0 amide bonds. The molecule has 1 atom stereocenters. The lowest BCUT2D eigenvalue weighted by atomic mass is 10.3. The predicted octanol–water partition coefficient (Wildman–Crippen LogP) is 1.05. The summed E-state index contributed by atoms with van der Waals surface area (Å²) < 4.78 is 5.09. The van der Waals surface area contributed by atoms with E-state index < -0.39 is 6.10 Å². The van der Waals surface area contributed by atoms with E-state index in [1.54, 1.807) is 18.2 Å². The average Bonchev–Trinajstić information content (AvgIpc) is 2.86. The first kappa shape index (κ1) is 13.3. The van der Waals surface area contributed by atoms with Crippen molar-refractivity contribution in [2.75, 3.05) is 19.6 Å². The first-order valence-electron chi connectivity index (χ1n) is 5.62. The molecule has 0 saturated heterocycles. The smallest absolute Gasteiger partial charge is 0.191 e. The minimum atomic E-state index is -0.718. The summed E-state index contributed by atoms with van der Waals surface area (Å²) in [6, 6.07) is 3.47. The molecule has 5 nitrogen and oxygen atoms in total. The van der Waals surface area contributed by atoms with Gasteiger partial charge in [-0.1, -0.05) is 6.08 Å². The molecule has 3 N–H and O–H groups in total. The monoisotopic (exact) mass is 237 g/mol. The van der Waals surface area contributed by atoms with Gasteiger partial charge in [0.25, 0.3) is 0 Å². The van der Waals surface area contributed by atoms with Crippen molar-refractivity contribution in [3.8, 4) is 0 Å². The van der Waals surface area contributed by atoms with E-state index in [4.69, 9.17) is 4.42 Å². The van der Waals surface area contributed by atoms with Crippen LogP contribution in [0, 0.1) is 0 Å². The molecule has 1 heterocycles. The molecule has 0 bridgehead atoms. The lowest BCUT2D eigenvalue weighted by molar-refractivity contribution is 0.158. The van der Waals surface area contributed by atoms with Gasteiger partial charge < -0.3 is 20.2 Å². The van der Waals surface area contributed by atoms with Crippen LogP contribution in [0.15, 0.2) is 40.5 Å². The molecule has 0 fully saturated rings. The topological polar surface area (TPSA) is 69.8 Å². The molecule has 1 rings (SSSR count). The van der Waals surface area contributed by atoms with Crippen LogP contribution >= 0.6 is 0 Å². The Hall–Kier alpha value is -1.75. The van der Waals surface area contributed by atoms with Crippen LogP contribution in [0.5, 0.6) is 0 Å². The van der Waals surface area contributed by atoms with Gasteiger partial charge >= 0.3 is 0 Å². The van der Waals surface area contributed by atoms with Gasteiger partial charge in [-0.2, -0.15) is 0 Å². The number of furan rings is 1. The highest BCUT2D eigenvalue weighted by molar-refractivity contribution is 5.79. The highest BCUT2D eigenvalue weighted by Gasteiger charge is 2.09. The van der Waals surface area contributed by atoms with Gasteiger partial charge in [-0.15, -0.1) is 6.58 Å². The second-order valence-corrected chi connectivity index (χ2v) is 3.42. The Balaban J connectivity index is 2.49.